The highest BCUT2D eigenvalue weighted by atomic mass is 16.2. The molecule has 2 heterocycles. The van der Waals surface area contributed by atoms with Crippen LogP contribution in [0.5, 0.6) is 0 Å². The molecule has 0 saturated carbocycles. The third-order valence-corrected chi connectivity index (χ3v) is 6.37. The van der Waals surface area contributed by atoms with E-state index in [1.807, 2.05) is 17.0 Å². The maximum Gasteiger partial charge on any atom is 0.248 e. The van der Waals surface area contributed by atoms with Crippen LogP contribution in [0.3, 0.4) is 0 Å². The fourth-order valence-corrected chi connectivity index (χ4v) is 4.62. The third-order valence-electron chi connectivity index (χ3n) is 6.37. The van der Waals surface area contributed by atoms with E-state index in [1.165, 1.54) is 6.08 Å². The number of carbonyl (C=O) groups excluding carboxylic acids is 4. The van der Waals surface area contributed by atoms with Gasteiger partial charge in [-0.1, -0.05) is 6.07 Å². The molecule has 0 aliphatic carbocycles. The van der Waals surface area contributed by atoms with Gasteiger partial charge in [0.1, 0.15) is 6.04 Å². The van der Waals surface area contributed by atoms with Crippen LogP contribution in [0.25, 0.3) is 0 Å². The average Bonchev–Trinajstić information content (AvgIpc) is 2.84. The molecule has 2 aliphatic rings. The molecular formula is C26H29N5O4. The molecule has 0 aromatic heterocycles. The molecule has 9 heteroatoms. The first-order chi connectivity index (χ1) is 16.8. The predicted octanol–water partition coefficient (Wildman–Crippen LogP) is 2.32. The van der Waals surface area contributed by atoms with Gasteiger partial charge in [0.25, 0.3) is 0 Å². The molecule has 35 heavy (non-hydrogen) atoms. The number of piperidine rings is 2. The Morgan fingerprint density at radius 2 is 1.74 bits per heavy atom. The second kappa shape index (κ2) is 10.4. The Morgan fingerprint density at radius 3 is 2.43 bits per heavy atom. The quantitative estimate of drug-likeness (QED) is 0.550. The van der Waals surface area contributed by atoms with Crippen molar-refractivity contribution in [1.29, 1.82) is 0 Å². The van der Waals surface area contributed by atoms with E-state index in [0.717, 1.165) is 24.1 Å². The van der Waals surface area contributed by atoms with E-state index in [4.69, 9.17) is 11.5 Å². The molecule has 182 valence electrons. The summed E-state index contributed by atoms with van der Waals surface area (Å²) in [6, 6.07) is 13.5. The number of carbonyl (C=O) groups is 4. The highest BCUT2D eigenvalue weighted by molar-refractivity contribution is 5.99. The largest absolute Gasteiger partial charge is 0.366 e. The van der Waals surface area contributed by atoms with Crippen LogP contribution in [-0.4, -0.2) is 42.8 Å². The SMILES string of the molecule is NC(=O)C=C1CCC(C(=O)Nc2ccc(N3CCCCC3=O)cc2)N(c2cccc(C(N)=O)c2)C1. The molecule has 2 saturated heterocycles. The number of nitrogens with two attached hydrogens (primary N) is 2. The molecule has 4 amide bonds. The molecule has 2 aromatic rings. The van der Waals surface area contributed by atoms with E-state index in [2.05, 4.69) is 5.32 Å². The van der Waals surface area contributed by atoms with Gasteiger partial charge in [0.2, 0.25) is 23.6 Å². The first-order valence-corrected chi connectivity index (χ1v) is 11.7. The second-order valence-electron chi connectivity index (χ2n) is 8.84. The van der Waals surface area contributed by atoms with E-state index < -0.39 is 17.9 Å². The maximum atomic E-state index is 13.3. The van der Waals surface area contributed by atoms with Gasteiger partial charge in [-0.25, -0.2) is 0 Å². The molecule has 0 radical (unpaired) electrons. The maximum absolute atomic E-state index is 13.3. The van der Waals surface area contributed by atoms with Gasteiger partial charge < -0.3 is 26.6 Å². The van der Waals surface area contributed by atoms with Crippen LogP contribution in [-0.2, 0) is 14.4 Å². The Labute approximate surface area is 203 Å². The van der Waals surface area contributed by atoms with Crippen molar-refractivity contribution in [3.8, 4) is 0 Å². The number of hydrogen-bond acceptors (Lipinski definition) is 5. The summed E-state index contributed by atoms with van der Waals surface area (Å²) in [5, 5.41) is 2.96. The standard InChI is InChI=1S/C26H29N5O4/c27-23(32)14-17-7-12-22(31(16-17)21-5-3-4-18(15-21)25(28)34)26(35)29-19-8-10-20(11-9-19)30-13-2-1-6-24(30)33/h3-5,8-11,14-15,22H,1-2,6-7,12-13,16H2,(H2,27,32)(H2,28,34)(H,29,35). The van der Waals surface area contributed by atoms with Crippen molar-refractivity contribution in [1.82, 2.24) is 0 Å². The van der Waals surface area contributed by atoms with Crippen LogP contribution < -0.4 is 26.6 Å². The Balaban J connectivity index is 1.53. The number of nitrogens with zero attached hydrogens (tertiary/aromatic N) is 2. The number of rotatable bonds is 6. The van der Waals surface area contributed by atoms with E-state index in [-0.39, 0.29) is 11.8 Å². The smallest absolute Gasteiger partial charge is 0.248 e. The number of amides is 4. The van der Waals surface area contributed by atoms with Gasteiger partial charge in [0.15, 0.2) is 0 Å². The number of primary amides is 2. The van der Waals surface area contributed by atoms with E-state index in [1.54, 1.807) is 41.3 Å². The summed E-state index contributed by atoms with van der Waals surface area (Å²) in [4.78, 5) is 52.2. The number of anilines is 3. The summed E-state index contributed by atoms with van der Waals surface area (Å²) in [6.07, 6.45) is 4.85. The minimum Gasteiger partial charge on any atom is -0.366 e. The van der Waals surface area contributed by atoms with Crippen molar-refractivity contribution in [3.63, 3.8) is 0 Å². The first kappa shape index (κ1) is 24.0. The number of nitrogens with one attached hydrogen (secondary N) is 1. The molecule has 9 nitrogen and oxygen atoms in total. The fourth-order valence-electron chi connectivity index (χ4n) is 4.62. The molecule has 1 unspecified atom stereocenters. The van der Waals surface area contributed by atoms with Gasteiger partial charge in [-0.15, -0.1) is 0 Å². The van der Waals surface area contributed by atoms with Crippen molar-refractivity contribution in [2.45, 2.75) is 38.1 Å². The lowest BCUT2D eigenvalue weighted by Gasteiger charge is -2.38. The van der Waals surface area contributed by atoms with Crippen LogP contribution >= 0.6 is 0 Å². The molecule has 2 aromatic carbocycles. The zero-order chi connectivity index (χ0) is 24.9. The molecule has 0 bridgehead atoms. The van der Waals surface area contributed by atoms with Crippen LogP contribution in [0.2, 0.25) is 0 Å². The van der Waals surface area contributed by atoms with Gasteiger partial charge >= 0.3 is 0 Å². The van der Waals surface area contributed by atoms with E-state index in [0.29, 0.717) is 49.3 Å². The highest BCUT2D eigenvalue weighted by Gasteiger charge is 2.31. The van der Waals surface area contributed by atoms with Crippen molar-refractivity contribution in [2.75, 3.05) is 28.2 Å². The zero-order valence-corrected chi connectivity index (χ0v) is 19.4. The van der Waals surface area contributed by atoms with Gasteiger partial charge in [0.05, 0.1) is 0 Å². The molecular weight excluding hydrogens is 446 g/mol. The van der Waals surface area contributed by atoms with E-state index in [9.17, 15) is 19.2 Å². The molecule has 4 rings (SSSR count). The average molecular weight is 476 g/mol. The lowest BCUT2D eigenvalue weighted by Crippen LogP contribution is -2.48. The predicted molar refractivity (Wildman–Crippen MR) is 134 cm³/mol. The second-order valence-corrected chi connectivity index (χ2v) is 8.84. The summed E-state index contributed by atoms with van der Waals surface area (Å²) in [7, 11) is 0. The number of hydrogen-bond donors (Lipinski definition) is 3. The molecule has 0 spiro atoms. The van der Waals surface area contributed by atoms with Crippen molar-refractivity contribution < 1.29 is 19.2 Å². The Hall–Kier alpha value is -4.14. The lowest BCUT2D eigenvalue weighted by atomic mass is 9.95. The zero-order valence-electron chi connectivity index (χ0n) is 19.4. The topological polar surface area (TPSA) is 139 Å². The van der Waals surface area contributed by atoms with Crippen LogP contribution in [0.15, 0.2) is 60.2 Å². The summed E-state index contributed by atoms with van der Waals surface area (Å²) < 4.78 is 0. The minimum absolute atomic E-state index is 0.115. The van der Waals surface area contributed by atoms with Crippen LogP contribution in [0.1, 0.15) is 42.5 Å². The lowest BCUT2D eigenvalue weighted by molar-refractivity contribution is -0.119. The van der Waals surface area contributed by atoms with Gasteiger partial charge in [-0.3, -0.25) is 19.2 Å². The van der Waals surface area contributed by atoms with Gasteiger partial charge in [-0.05, 0) is 73.7 Å². The Bertz CT molecular complexity index is 1170. The summed E-state index contributed by atoms with van der Waals surface area (Å²) in [6.45, 7) is 1.02. The van der Waals surface area contributed by atoms with Crippen molar-refractivity contribution in [3.05, 3.63) is 65.7 Å². The van der Waals surface area contributed by atoms with Gasteiger partial charge in [0, 0.05) is 48.2 Å². The molecule has 2 fully saturated rings. The normalized spacial score (nSPS) is 19.5. The molecule has 1 atom stereocenters. The molecule has 2 aliphatic heterocycles. The first-order valence-electron chi connectivity index (χ1n) is 11.7. The fraction of sp³-hybridized carbons (Fsp3) is 0.308. The monoisotopic (exact) mass is 475 g/mol. The minimum atomic E-state index is -0.565. The Morgan fingerprint density at radius 1 is 0.971 bits per heavy atom. The van der Waals surface area contributed by atoms with Crippen molar-refractivity contribution in [2.24, 2.45) is 11.5 Å². The summed E-state index contributed by atoms with van der Waals surface area (Å²) in [5.41, 5.74) is 14.0. The number of benzene rings is 2. The van der Waals surface area contributed by atoms with Crippen LogP contribution in [0, 0.1) is 0 Å². The molecule has 5 N–H and O–H groups in total. The summed E-state index contributed by atoms with van der Waals surface area (Å²) >= 11 is 0. The third kappa shape index (κ3) is 5.68. The van der Waals surface area contributed by atoms with Crippen molar-refractivity contribution >= 4 is 40.7 Å². The van der Waals surface area contributed by atoms with E-state index >= 15 is 0 Å². The highest BCUT2D eigenvalue weighted by Crippen LogP contribution is 2.29. The van der Waals surface area contributed by atoms with Gasteiger partial charge in [-0.2, -0.15) is 0 Å². The van der Waals surface area contributed by atoms with Crippen LogP contribution in [0.4, 0.5) is 17.1 Å². The summed E-state index contributed by atoms with van der Waals surface area (Å²) in [5.74, 6) is -1.20. The Kier molecular flexibility index (Phi) is 7.14.